The van der Waals surface area contributed by atoms with Crippen LogP contribution in [0.25, 0.3) is 0 Å². The topological polar surface area (TPSA) is 86.8 Å². The van der Waals surface area contributed by atoms with E-state index in [9.17, 15) is 4.79 Å². The molecule has 0 bridgehead atoms. The van der Waals surface area contributed by atoms with Crippen LogP contribution in [0.1, 0.15) is 0 Å². The molecule has 1 amide bonds. The Labute approximate surface area is 58.0 Å². The molecule has 4 N–H and O–H groups in total. The molecule has 1 rings (SSSR count). The number of aliphatic hydroxyl groups excluding tert-OH is 1. The predicted octanol–water partition coefficient (Wildman–Crippen LogP) is -1.33. The number of likely N-dealkylation sites (tertiary alicyclic amines) is 1. The fourth-order valence-corrected chi connectivity index (χ4v) is 1.03. The van der Waals surface area contributed by atoms with Gasteiger partial charge in [0.15, 0.2) is 0 Å². The number of β-amino-alcohol motifs (C(OH)–C–C–N with tert-alkyl or cyclic N) is 1. The average Bonchev–Trinajstić information content (AvgIpc) is 1.83. The Hall–Kier alpha value is -0.810. The van der Waals surface area contributed by atoms with E-state index in [0.29, 0.717) is 0 Å². The number of carbonyl (C=O) groups is 1. The highest BCUT2D eigenvalue weighted by molar-refractivity contribution is 5.67. The number of aliphatic hydroxyl groups is 1. The van der Waals surface area contributed by atoms with Crippen LogP contribution in [-0.2, 0) is 0 Å². The van der Waals surface area contributed by atoms with Crippen molar-refractivity contribution in [2.24, 2.45) is 5.73 Å². The first-order valence-corrected chi connectivity index (χ1v) is 3.04. The Bertz CT molecular complexity index is 150. The average molecular weight is 146 g/mol. The Balaban J connectivity index is 2.45. The minimum absolute atomic E-state index is 0.188. The molecule has 5 heteroatoms. The van der Waals surface area contributed by atoms with E-state index in [1.54, 1.807) is 0 Å². The zero-order chi connectivity index (χ0) is 7.72. The maximum atomic E-state index is 10.3. The highest BCUT2D eigenvalue weighted by atomic mass is 16.4. The van der Waals surface area contributed by atoms with Gasteiger partial charge in [0.05, 0.1) is 18.7 Å². The highest BCUT2D eigenvalue weighted by Crippen LogP contribution is 2.16. The van der Waals surface area contributed by atoms with Crippen LogP contribution in [0.5, 0.6) is 0 Å². The first-order valence-electron chi connectivity index (χ1n) is 3.04. The summed E-state index contributed by atoms with van der Waals surface area (Å²) in [6.07, 6.45) is -1.58. The lowest BCUT2D eigenvalue weighted by molar-refractivity contribution is -0.0417. The maximum absolute atomic E-state index is 10.3. The quantitative estimate of drug-likeness (QED) is 0.427. The summed E-state index contributed by atoms with van der Waals surface area (Å²) in [5, 5.41) is 17.4. The molecule has 0 aliphatic carbocycles. The molecule has 2 unspecified atom stereocenters. The Morgan fingerprint density at radius 2 is 2.40 bits per heavy atom. The number of nitrogens with zero attached hydrogens (tertiary/aromatic N) is 1. The van der Waals surface area contributed by atoms with E-state index in [2.05, 4.69) is 0 Å². The van der Waals surface area contributed by atoms with Crippen LogP contribution in [0.4, 0.5) is 4.79 Å². The van der Waals surface area contributed by atoms with Crippen molar-refractivity contribution >= 4 is 6.09 Å². The van der Waals surface area contributed by atoms with Crippen molar-refractivity contribution in [2.75, 3.05) is 13.1 Å². The summed E-state index contributed by atoms with van der Waals surface area (Å²) in [6.45, 7) is 0.380. The van der Waals surface area contributed by atoms with E-state index in [1.807, 2.05) is 0 Å². The maximum Gasteiger partial charge on any atom is 0.407 e. The molecule has 0 aromatic carbocycles. The Morgan fingerprint density at radius 1 is 1.80 bits per heavy atom. The van der Waals surface area contributed by atoms with E-state index in [0.717, 1.165) is 4.90 Å². The fourth-order valence-electron chi connectivity index (χ4n) is 1.03. The third kappa shape index (κ3) is 0.932. The smallest absolute Gasteiger partial charge is 0.407 e. The molecule has 1 aliphatic rings. The lowest BCUT2D eigenvalue weighted by atomic mass is 10.0. The van der Waals surface area contributed by atoms with Gasteiger partial charge in [-0.2, -0.15) is 0 Å². The molecule has 1 saturated heterocycles. The van der Waals surface area contributed by atoms with E-state index in [-0.39, 0.29) is 13.1 Å². The number of nitrogens with two attached hydrogens (primary N) is 1. The van der Waals surface area contributed by atoms with Crippen molar-refractivity contribution in [1.29, 1.82) is 0 Å². The minimum Gasteiger partial charge on any atom is -0.465 e. The first-order chi connectivity index (χ1) is 4.66. The van der Waals surface area contributed by atoms with Crippen molar-refractivity contribution in [3.05, 3.63) is 0 Å². The second-order valence-electron chi connectivity index (χ2n) is 2.31. The van der Waals surface area contributed by atoms with Gasteiger partial charge in [0.25, 0.3) is 0 Å². The van der Waals surface area contributed by atoms with E-state index < -0.39 is 18.2 Å². The van der Waals surface area contributed by atoms with E-state index in [1.165, 1.54) is 0 Å². The van der Waals surface area contributed by atoms with Gasteiger partial charge in [-0.3, -0.25) is 4.90 Å². The second-order valence-corrected chi connectivity index (χ2v) is 2.31. The van der Waals surface area contributed by atoms with Gasteiger partial charge in [-0.1, -0.05) is 0 Å². The lowest BCUT2D eigenvalue weighted by Crippen LogP contribution is -2.64. The molecule has 0 aromatic heterocycles. The van der Waals surface area contributed by atoms with Crippen molar-refractivity contribution in [2.45, 2.75) is 12.1 Å². The summed E-state index contributed by atoms with van der Waals surface area (Å²) in [5.41, 5.74) is 5.19. The molecular formula is C5H10N2O3. The number of amides is 1. The molecule has 0 radical (unpaired) electrons. The number of rotatable bonds is 1. The molecule has 1 fully saturated rings. The lowest BCUT2D eigenvalue weighted by Gasteiger charge is -2.42. The predicted molar refractivity (Wildman–Crippen MR) is 33.6 cm³/mol. The summed E-state index contributed by atoms with van der Waals surface area (Å²) in [7, 11) is 0. The molecule has 2 atom stereocenters. The van der Waals surface area contributed by atoms with Gasteiger partial charge in [-0.15, -0.1) is 0 Å². The third-order valence-electron chi connectivity index (χ3n) is 1.72. The highest BCUT2D eigenvalue weighted by Gasteiger charge is 2.39. The standard InChI is InChI=1S/C5H10N2O3/c6-1-3-4(8)2-7(3)5(9)10/h3-4,8H,1-2,6H2,(H,9,10). The Kier molecular flexibility index (Phi) is 1.78. The van der Waals surface area contributed by atoms with Gasteiger partial charge in [-0.05, 0) is 0 Å². The van der Waals surface area contributed by atoms with Crippen LogP contribution in [0.3, 0.4) is 0 Å². The van der Waals surface area contributed by atoms with Crippen LogP contribution in [0.2, 0.25) is 0 Å². The van der Waals surface area contributed by atoms with Crippen molar-refractivity contribution < 1.29 is 15.0 Å². The summed E-state index contributed by atoms with van der Waals surface area (Å²) < 4.78 is 0. The molecule has 0 saturated carbocycles. The third-order valence-corrected chi connectivity index (χ3v) is 1.72. The SMILES string of the molecule is NCC1C(O)CN1C(=O)O. The van der Waals surface area contributed by atoms with Gasteiger partial charge in [-0.25, -0.2) is 4.79 Å². The summed E-state index contributed by atoms with van der Waals surface area (Å²) in [5.74, 6) is 0. The van der Waals surface area contributed by atoms with Crippen LogP contribution >= 0.6 is 0 Å². The van der Waals surface area contributed by atoms with Crippen LogP contribution in [0.15, 0.2) is 0 Å². The fraction of sp³-hybridized carbons (Fsp3) is 0.800. The zero-order valence-electron chi connectivity index (χ0n) is 5.40. The number of hydrogen-bond donors (Lipinski definition) is 3. The van der Waals surface area contributed by atoms with Gasteiger partial charge in [0.1, 0.15) is 0 Å². The van der Waals surface area contributed by atoms with Crippen LogP contribution in [-0.4, -0.2) is 46.4 Å². The molecule has 1 heterocycles. The summed E-state index contributed by atoms with van der Waals surface area (Å²) in [4.78, 5) is 11.4. The zero-order valence-corrected chi connectivity index (χ0v) is 5.40. The Morgan fingerprint density at radius 3 is 2.60 bits per heavy atom. The van der Waals surface area contributed by atoms with Crippen LogP contribution < -0.4 is 5.73 Å². The second kappa shape index (κ2) is 2.43. The molecule has 1 aliphatic heterocycles. The van der Waals surface area contributed by atoms with E-state index >= 15 is 0 Å². The summed E-state index contributed by atoms with van der Waals surface area (Å²) in [6, 6.07) is -0.391. The van der Waals surface area contributed by atoms with Crippen molar-refractivity contribution in [1.82, 2.24) is 4.90 Å². The molecular weight excluding hydrogens is 136 g/mol. The molecule has 10 heavy (non-hydrogen) atoms. The molecule has 0 aromatic rings. The van der Waals surface area contributed by atoms with Crippen molar-refractivity contribution in [3.63, 3.8) is 0 Å². The monoisotopic (exact) mass is 146 g/mol. The normalized spacial score (nSPS) is 31.6. The van der Waals surface area contributed by atoms with Crippen LogP contribution in [0, 0.1) is 0 Å². The largest absolute Gasteiger partial charge is 0.465 e. The van der Waals surface area contributed by atoms with Gasteiger partial charge >= 0.3 is 6.09 Å². The first kappa shape index (κ1) is 7.30. The van der Waals surface area contributed by atoms with Gasteiger partial charge in [0.2, 0.25) is 0 Å². The minimum atomic E-state index is -1.01. The van der Waals surface area contributed by atoms with Crippen molar-refractivity contribution in [3.8, 4) is 0 Å². The van der Waals surface area contributed by atoms with Gasteiger partial charge in [0, 0.05) is 6.54 Å². The van der Waals surface area contributed by atoms with Gasteiger partial charge < -0.3 is 15.9 Å². The number of hydrogen-bond acceptors (Lipinski definition) is 3. The molecule has 58 valence electrons. The van der Waals surface area contributed by atoms with E-state index in [4.69, 9.17) is 15.9 Å². The molecule has 5 nitrogen and oxygen atoms in total. The number of carboxylic acid groups (broad SMARTS) is 1. The molecule has 0 spiro atoms. The summed E-state index contributed by atoms with van der Waals surface area (Å²) >= 11 is 0.